The van der Waals surface area contributed by atoms with Crippen molar-refractivity contribution in [2.75, 3.05) is 18.5 Å². The first-order valence-electron chi connectivity index (χ1n) is 11.0. The quantitative estimate of drug-likeness (QED) is 0.371. The molecular weight excluding hydrogens is 448 g/mol. The molecular formula is C27H24N2O6. The van der Waals surface area contributed by atoms with E-state index in [0.717, 1.165) is 22.3 Å². The fourth-order valence-electron chi connectivity index (χ4n) is 3.99. The van der Waals surface area contributed by atoms with Crippen LogP contribution in [0.1, 0.15) is 22.6 Å². The maximum absolute atomic E-state index is 12.5. The SMILES string of the molecule is O=C(/C=C/c1cccc(NC(=O)OCC2c3ccccc3-c3ccccc32)c1)NC[C@H](O)C(=O)O. The van der Waals surface area contributed by atoms with Gasteiger partial charge in [-0.2, -0.15) is 0 Å². The van der Waals surface area contributed by atoms with E-state index in [1.54, 1.807) is 24.3 Å². The first-order chi connectivity index (χ1) is 16.9. The zero-order chi connectivity index (χ0) is 24.8. The number of hydrogen-bond donors (Lipinski definition) is 4. The fraction of sp³-hybridized carbons (Fsp3) is 0.148. The Morgan fingerprint density at radius 2 is 1.60 bits per heavy atom. The first-order valence-corrected chi connectivity index (χ1v) is 11.0. The standard InChI is InChI=1S/C27H24N2O6/c30-24(26(32)33)15-28-25(31)13-12-17-6-5-7-18(14-17)29-27(34)35-16-23-21-10-3-1-8-19(21)20-9-2-4-11-22(20)23/h1-14,23-24,30H,15-16H2,(H,28,31)(H,29,34)(H,32,33)/b13-12+/t24-/m0/s1. The number of carboxylic acid groups (broad SMARTS) is 1. The fourth-order valence-corrected chi connectivity index (χ4v) is 3.99. The average molecular weight is 472 g/mol. The molecule has 2 amide bonds. The highest BCUT2D eigenvalue weighted by molar-refractivity contribution is 5.92. The average Bonchev–Trinajstić information content (AvgIpc) is 3.18. The van der Waals surface area contributed by atoms with Crippen LogP contribution in [0.4, 0.5) is 10.5 Å². The Bertz CT molecular complexity index is 1240. The molecule has 3 aromatic carbocycles. The summed E-state index contributed by atoms with van der Waals surface area (Å²) in [4.78, 5) is 34.9. The number of carbonyl (C=O) groups excluding carboxylic acids is 2. The van der Waals surface area contributed by atoms with Crippen LogP contribution in [0, 0.1) is 0 Å². The number of hydrogen-bond acceptors (Lipinski definition) is 5. The Morgan fingerprint density at radius 1 is 0.943 bits per heavy atom. The lowest BCUT2D eigenvalue weighted by Gasteiger charge is -2.14. The summed E-state index contributed by atoms with van der Waals surface area (Å²) in [6, 6.07) is 23.0. The van der Waals surface area contributed by atoms with Gasteiger partial charge in [0.1, 0.15) is 6.61 Å². The molecule has 0 saturated heterocycles. The van der Waals surface area contributed by atoms with Crippen molar-refractivity contribution in [1.82, 2.24) is 5.32 Å². The molecule has 8 nitrogen and oxygen atoms in total. The van der Waals surface area contributed by atoms with Gasteiger partial charge in [-0.3, -0.25) is 10.1 Å². The Kier molecular flexibility index (Phi) is 7.23. The Hall–Kier alpha value is -4.43. The van der Waals surface area contributed by atoms with Crippen molar-refractivity contribution in [1.29, 1.82) is 0 Å². The third kappa shape index (κ3) is 5.74. The van der Waals surface area contributed by atoms with Gasteiger partial charge in [0.05, 0.1) is 6.54 Å². The molecule has 4 N–H and O–H groups in total. The van der Waals surface area contributed by atoms with E-state index < -0.39 is 30.6 Å². The maximum atomic E-state index is 12.5. The van der Waals surface area contributed by atoms with Crippen molar-refractivity contribution < 1.29 is 29.3 Å². The summed E-state index contributed by atoms with van der Waals surface area (Å²) in [7, 11) is 0. The van der Waals surface area contributed by atoms with Gasteiger partial charge in [-0.05, 0) is 46.0 Å². The Balaban J connectivity index is 1.34. The van der Waals surface area contributed by atoms with Crippen LogP contribution in [0.3, 0.4) is 0 Å². The molecule has 4 rings (SSSR count). The molecule has 0 spiro atoms. The summed E-state index contributed by atoms with van der Waals surface area (Å²) in [6.45, 7) is -0.205. The summed E-state index contributed by atoms with van der Waals surface area (Å²) in [5.41, 5.74) is 5.68. The number of aliphatic hydroxyl groups excluding tert-OH is 1. The highest BCUT2D eigenvalue weighted by Crippen LogP contribution is 2.44. The van der Waals surface area contributed by atoms with Crippen LogP contribution in [0.2, 0.25) is 0 Å². The van der Waals surface area contributed by atoms with Crippen molar-refractivity contribution in [3.8, 4) is 11.1 Å². The van der Waals surface area contributed by atoms with Crippen LogP contribution >= 0.6 is 0 Å². The molecule has 0 aromatic heterocycles. The van der Waals surface area contributed by atoms with Crippen LogP contribution in [-0.4, -0.2) is 47.4 Å². The third-order valence-corrected chi connectivity index (χ3v) is 5.66. The zero-order valence-corrected chi connectivity index (χ0v) is 18.7. The Morgan fingerprint density at radius 3 is 2.26 bits per heavy atom. The molecule has 0 saturated carbocycles. The van der Waals surface area contributed by atoms with Gasteiger partial charge >= 0.3 is 12.1 Å². The summed E-state index contributed by atoms with van der Waals surface area (Å²) < 4.78 is 5.55. The van der Waals surface area contributed by atoms with E-state index in [0.29, 0.717) is 11.3 Å². The summed E-state index contributed by atoms with van der Waals surface area (Å²) in [6.07, 6.45) is 0.456. The van der Waals surface area contributed by atoms with E-state index >= 15 is 0 Å². The molecule has 178 valence electrons. The summed E-state index contributed by atoms with van der Waals surface area (Å²) >= 11 is 0. The van der Waals surface area contributed by atoms with E-state index in [-0.39, 0.29) is 12.5 Å². The number of carbonyl (C=O) groups is 3. The minimum absolute atomic E-state index is 0.0411. The number of rotatable bonds is 8. The van der Waals surface area contributed by atoms with Crippen molar-refractivity contribution in [2.45, 2.75) is 12.0 Å². The highest BCUT2D eigenvalue weighted by Gasteiger charge is 2.29. The van der Waals surface area contributed by atoms with Gasteiger partial charge in [0.2, 0.25) is 5.91 Å². The van der Waals surface area contributed by atoms with Crippen molar-refractivity contribution >= 4 is 29.7 Å². The van der Waals surface area contributed by atoms with Crippen LogP contribution in [0.25, 0.3) is 17.2 Å². The predicted octanol–water partition coefficient (Wildman–Crippen LogP) is 3.62. The number of fused-ring (bicyclic) bond motifs is 3. The highest BCUT2D eigenvalue weighted by atomic mass is 16.5. The number of aliphatic carboxylic acids is 1. The summed E-state index contributed by atoms with van der Waals surface area (Å²) in [5.74, 6) is -2.01. The minimum atomic E-state index is -1.67. The van der Waals surface area contributed by atoms with Crippen LogP contribution in [-0.2, 0) is 14.3 Å². The molecule has 0 unspecified atom stereocenters. The van der Waals surface area contributed by atoms with Gasteiger partial charge in [0, 0.05) is 17.7 Å². The third-order valence-electron chi connectivity index (χ3n) is 5.66. The molecule has 1 atom stereocenters. The second-order valence-corrected chi connectivity index (χ2v) is 8.01. The molecule has 35 heavy (non-hydrogen) atoms. The van der Waals surface area contributed by atoms with Crippen molar-refractivity contribution in [3.63, 3.8) is 0 Å². The molecule has 0 fully saturated rings. The van der Waals surface area contributed by atoms with Gasteiger partial charge in [-0.15, -0.1) is 0 Å². The van der Waals surface area contributed by atoms with Gasteiger partial charge < -0.3 is 20.3 Å². The van der Waals surface area contributed by atoms with Gasteiger partial charge in [0.25, 0.3) is 0 Å². The molecule has 1 aliphatic carbocycles. The largest absolute Gasteiger partial charge is 0.479 e. The van der Waals surface area contributed by atoms with Crippen LogP contribution in [0.5, 0.6) is 0 Å². The first kappa shape index (κ1) is 23.7. The molecule has 0 radical (unpaired) electrons. The number of amides is 2. The molecule has 8 heteroatoms. The van der Waals surface area contributed by atoms with Gasteiger partial charge in [-0.25, -0.2) is 9.59 Å². The minimum Gasteiger partial charge on any atom is -0.479 e. The van der Waals surface area contributed by atoms with Crippen LogP contribution < -0.4 is 10.6 Å². The van der Waals surface area contributed by atoms with Gasteiger partial charge in [-0.1, -0.05) is 60.7 Å². The zero-order valence-electron chi connectivity index (χ0n) is 18.7. The van der Waals surface area contributed by atoms with E-state index in [4.69, 9.17) is 9.84 Å². The van der Waals surface area contributed by atoms with E-state index in [2.05, 4.69) is 34.9 Å². The van der Waals surface area contributed by atoms with E-state index in [1.807, 2.05) is 24.3 Å². The number of ether oxygens (including phenoxy) is 1. The van der Waals surface area contributed by atoms with Crippen molar-refractivity contribution in [2.24, 2.45) is 0 Å². The van der Waals surface area contributed by atoms with Gasteiger partial charge in [0.15, 0.2) is 6.10 Å². The number of carboxylic acids is 1. The molecule has 1 aliphatic rings. The van der Waals surface area contributed by atoms with E-state index in [9.17, 15) is 19.5 Å². The number of aliphatic hydroxyl groups is 1. The molecule has 0 aliphatic heterocycles. The number of benzene rings is 3. The second kappa shape index (κ2) is 10.7. The number of nitrogens with one attached hydrogen (secondary N) is 2. The molecule has 0 bridgehead atoms. The molecule has 0 heterocycles. The van der Waals surface area contributed by atoms with Crippen LogP contribution in [0.15, 0.2) is 78.9 Å². The lowest BCUT2D eigenvalue weighted by atomic mass is 9.98. The Labute approximate surface area is 201 Å². The second-order valence-electron chi connectivity index (χ2n) is 8.01. The maximum Gasteiger partial charge on any atom is 0.411 e. The lowest BCUT2D eigenvalue weighted by molar-refractivity contribution is -0.146. The van der Waals surface area contributed by atoms with Crippen molar-refractivity contribution in [3.05, 3.63) is 95.6 Å². The predicted molar refractivity (Wildman–Crippen MR) is 131 cm³/mol. The smallest absolute Gasteiger partial charge is 0.411 e. The normalized spacial score (nSPS) is 13.1. The molecule has 3 aromatic rings. The topological polar surface area (TPSA) is 125 Å². The van der Waals surface area contributed by atoms with E-state index in [1.165, 1.54) is 12.2 Å². The number of anilines is 1. The lowest BCUT2D eigenvalue weighted by Crippen LogP contribution is -2.35. The summed E-state index contributed by atoms with van der Waals surface area (Å²) in [5, 5.41) is 22.8. The monoisotopic (exact) mass is 472 g/mol.